The molecule has 1 aromatic rings. The van der Waals surface area contributed by atoms with E-state index in [1.165, 1.54) is 12.1 Å². The lowest BCUT2D eigenvalue weighted by Gasteiger charge is -2.30. The smallest absolute Gasteiger partial charge is 0.270 e. The molecular formula is C17H21NO3. The van der Waals surface area contributed by atoms with Gasteiger partial charge in [0, 0.05) is 18.1 Å². The fourth-order valence-corrected chi connectivity index (χ4v) is 2.93. The Morgan fingerprint density at radius 1 is 1.33 bits per heavy atom. The summed E-state index contributed by atoms with van der Waals surface area (Å²) in [6, 6.07) is 6.44. The molecule has 21 heavy (non-hydrogen) atoms. The number of benzene rings is 1. The van der Waals surface area contributed by atoms with Crippen LogP contribution in [-0.4, -0.2) is 10.7 Å². The van der Waals surface area contributed by atoms with Crippen molar-refractivity contribution in [2.75, 3.05) is 0 Å². The van der Waals surface area contributed by atoms with Crippen LogP contribution in [0.4, 0.5) is 5.69 Å². The summed E-state index contributed by atoms with van der Waals surface area (Å²) in [6.07, 6.45) is 3.76. The first-order chi connectivity index (χ1) is 9.90. The van der Waals surface area contributed by atoms with Gasteiger partial charge in [-0.3, -0.25) is 14.9 Å². The predicted octanol–water partition coefficient (Wildman–Crippen LogP) is 4.25. The van der Waals surface area contributed by atoms with Crippen LogP contribution in [0.2, 0.25) is 0 Å². The van der Waals surface area contributed by atoms with Gasteiger partial charge in [0.05, 0.1) is 4.92 Å². The standard InChI is InChI=1S/C17H21NO3/c1-11(2)15-8-7-12(3)16(17(15)19)10-13-5-4-6-14(9-13)18(20)21/h4-6,9-12,15H,7-8H2,1-3H3/t12-,15+/m1/s1. The van der Waals surface area contributed by atoms with Crippen LogP contribution in [0.3, 0.4) is 0 Å². The molecule has 0 saturated heterocycles. The minimum atomic E-state index is -0.412. The predicted molar refractivity (Wildman–Crippen MR) is 82.8 cm³/mol. The third-order valence-corrected chi connectivity index (χ3v) is 4.27. The van der Waals surface area contributed by atoms with Crippen LogP contribution >= 0.6 is 0 Å². The summed E-state index contributed by atoms with van der Waals surface area (Å²) >= 11 is 0. The fraction of sp³-hybridized carbons (Fsp3) is 0.471. The normalized spacial score (nSPS) is 24.6. The van der Waals surface area contributed by atoms with Crippen LogP contribution < -0.4 is 0 Å². The molecule has 112 valence electrons. The highest BCUT2D eigenvalue weighted by molar-refractivity contribution is 6.02. The first-order valence-corrected chi connectivity index (χ1v) is 7.40. The molecule has 0 aromatic heterocycles. The van der Waals surface area contributed by atoms with Crippen LogP contribution in [0.25, 0.3) is 6.08 Å². The lowest BCUT2D eigenvalue weighted by molar-refractivity contribution is -0.384. The van der Waals surface area contributed by atoms with Crippen molar-refractivity contribution in [2.45, 2.75) is 33.6 Å². The van der Waals surface area contributed by atoms with Crippen molar-refractivity contribution in [3.05, 3.63) is 45.5 Å². The van der Waals surface area contributed by atoms with Gasteiger partial charge < -0.3 is 0 Å². The Labute approximate surface area is 125 Å². The van der Waals surface area contributed by atoms with Crippen molar-refractivity contribution in [3.63, 3.8) is 0 Å². The molecule has 1 aliphatic rings. The van der Waals surface area contributed by atoms with Crippen LogP contribution in [0.15, 0.2) is 29.8 Å². The molecule has 0 heterocycles. The van der Waals surface area contributed by atoms with Crippen LogP contribution in [0.1, 0.15) is 39.2 Å². The van der Waals surface area contributed by atoms with Crippen LogP contribution in [-0.2, 0) is 4.79 Å². The number of nitro groups is 1. The van der Waals surface area contributed by atoms with Crippen LogP contribution in [0.5, 0.6) is 0 Å². The first-order valence-electron chi connectivity index (χ1n) is 7.40. The Morgan fingerprint density at radius 2 is 2.05 bits per heavy atom. The second-order valence-electron chi connectivity index (χ2n) is 6.14. The maximum Gasteiger partial charge on any atom is 0.270 e. The van der Waals surface area contributed by atoms with Gasteiger partial charge in [0.2, 0.25) is 0 Å². The van der Waals surface area contributed by atoms with Gasteiger partial charge in [-0.2, -0.15) is 0 Å². The average molecular weight is 287 g/mol. The molecule has 4 nitrogen and oxygen atoms in total. The fourth-order valence-electron chi connectivity index (χ4n) is 2.93. The number of rotatable bonds is 3. The molecule has 0 spiro atoms. The van der Waals surface area contributed by atoms with Crippen molar-refractivity contribution in [2.24, 2.45) is 17.8 Å². The van der Waals surface area contributed by atoms with E-state index in [-0.39, 0.29) is 23.3 Å². The summed E-state index contributed by atoms with van der Waals surface area (Å²) in [5.74, 6) is 0.826. The third kappa shape index (κ3) is 3.38. The van der Waals surface area contributed by atoms with Gasteiger partial charge in [0.1, 0.15) is 0 Å². The van der Waals surface area contributed by atoms with E-state index in [2.05, 4.69) is 20.8 Å². The minimum Gasteiger partial charge on any atom is -0.294 e. The van der Waals surface area contributed by atoms with Crippen LogP contribution in [0, 0.1) is 27.9 Å². The van der Waals surface area contributed by atoms with E-state index in [0.717, 1.165) is 24.0 Å². The first kappa shape index (κ1) is 15.4. The largest absolute Gasteiger partial charge is 0.294 e. The molecule has 1 aromatic carbocycles. The molecule has 1 saturated carbocycles. The summed E-state index contributed by atoms with van der Waals surface area (Å²) in [6.45, 7) is 6.20. The Bertz CT molecular complexity index is 589. The highest BCUT2D eigenvalue weighted by Gasteiger charge is 2.32. The molecule has 2 atom stereocenters. The number of carbonyl (C=O) groups is 1. The molecule has 0 unspecified atom stereocenters. The molecule has 1 fully saturated rings. The third-order valence-electron chi connectivity index (χ3n) is 4.27. The molecular weight excluding hydrogens is 266 g/mol. The van der Waals surface area contributed by atoms with Gasteiger partial charge in [-0.15, -0.1) is 0 Å². The van der Waals surface area contributed by atoms with E-state index in [4.69, 9.17) is 0 Å². The van der Waals surface area contributed by atoms with Gasteiger partial charge in [-0.1, -0.05) is 32.9 Å². The lowest BCUT2D eigenvalue weighted by Crippen LogP contribution is -2.30. The van der Waals surface area contributed by atoms with Gasteiger partial charge in [0.15, 0.2) is 5.78 Å². The monoisotopic (exact) mass is 287 g/mol. The van der Waals surface area contributed by atoms with Crippen molar-refractivity contribution < 1.29 is 9.72 Å². The zero-order valence-corrected chi connectivity index (χ0v) is 12.7. The number of allylic oxidation sites excluding steroid dienone is 1. The van der Waals surface area contributed by atoms with Gasteiger partial charge in [-0.25, -0.2) is 0 Å². The summed E-state index contributed by atoms with van der Waals surface area (Å²) < 4.78 is 0. The van der Waals surface area contributed by atoms with Gasteiger partial charge in [0.25, 0.3) is 5.69 Å². The molecule has 0 radical (unpaired) electrons. The van der Waals surface area contributed by atoms with E-state index >= 15 is 0 Å². The van der Waals surface area contributed by atoms with Gasteiger partial charge >= 0.3 is 0 Å². The van der Waals surface area contributed by atoms with Crippen molar-refractivity contribution in [1.82, 2.24) is 0 Å². The van der Waals surface area contributed by atoms with E-state index < -0.39 is 4.92 Å². The van der Waals surface area contributed by atoms with Crippen molar-refractivity contribution in [1.29, 1.82) is 0 Å². The SMILES string of the molecule is CC(C)[C@@H]1CC[C@@H](C)C(=Cc2cccc([N+](=O)[O-])c2)C1=O. The number of Topliss-reactive ketones (excluding diaryl/α,β-unsaturated/α-hetero) is 1. The topological polar surface area (TPSA) is 60.2 Å². The Balaban J connectivity index is 2.35. The lowest BCUT2D eigenvalue weighted by atomic mass is 9.73. The molecule has 0 N–H and O–H groups in total. The van der Waals surface area contributed by atoms with Crippen molar-refractivity contribution in [3.8, 4) is 0 Å². The quantitative estimate of drug-likeness (QED) is 0.474. The van der Waals surface area contributed by atoms with E-state index in [1.54, 1.807) is 12.1 Å². The Morgan fingerprint density at radius 3 is 2.67 bits per heavy atom. The second-order valence-corrected chi connectivity index (χ2v) is 6.14. The Hall–Kier alpha value is -1.97. The number of hydrogen-bond donors (Lipinski definition) is 0. The van der Waals surface area contributed by atoms with Crippen molar-refractivity contribution >= 4 is 17.5 Å². The molecule has 4 heteroatoms. The number of hydrogen-bond acceptors (Lipinski definition) is 3. The summed E-state index contributed by atoms with van der Waals surface area (Å²) in [5.41, 5.74) is 1.59. The van der Waals surface area contributed by atoms with Gasteiger partial charge in [-0.05, 0) is 41.9 Å². The summed E-state index contributed by atoms with van der Waals surface area (Å²) in [4.78, 5) is 23.0. The molecule has 1 aliphatic carbocycles. The zero-order valence-electron chi connectivity index (χ0n) is 12.7. The highest BCUT2D eigenvalue weighted by Crippen LogP contribution is 2.35. The number of nitrogens with zero attached hydrogens (tertiary/aromatic N) is 1. The number of nitro benzene ring substituents is 1. The number of carbonyl (C=O) groups excluding carboxylic acids is 1. The maximum absolute atomic E-state index is 12.6. The van der Waals surface area contributed by atoms with E-state index in [0.29, 0.717) is 5.92 Å². The molecule has 0 amide bonds. The van der Waals surface area contributed by atoms with E-state index in [9.17, 15) is 14.9 Å². The minimum absolute atomic E-state index is 0.0562. The Kier molecular flexibility index (Phi) is 4.56. The number of non-ortho nitro benzene ring substituents is 1. The average Bonchev–Trinajstić information content (AvgIpc) is 2.43. The number of ketones is 1. The summed E-state index contributed by atoms with van der Waals surface area (Å²) in [7, 11) is 0. The molecule has 2 rings (SSSR count). The highest BCUT2D eigenvalue weighted by atomic mass is 16.6. The molecule has 0 bridgehead atoms. The zero-order chi connectivity index (χ0) is 15.6. The van der Waals surface area contributed by atoms with E-state index in [1.807, 2.05) is 6.08 Å². The summed E-state index contributed by atoms with van der Waals surface area (Å²) in [5, 5.41) is 10.8. The maximum atomic E-state index is 12.6. The molecule has 0 aliphatic heterocycles. The second kappa shape index (κ2) is 6.20.